The Balaban J connectivity index is 1.96. The van der Waals surface area contributed by atoms with Crippen molar-refractivity contribution in [3.8, 4) is 0 Å². The highest BCUT2D eigenvalue weighted by molar-refractivity contribution is 5.83. The van der Waals surface area contributed by atoms with Crippen LogP contribution in [0.5, 0.6) is 0 Å². The Hall–Kier alpha value is -1.26. The van der Waals surface area contributed by atoms with E-state index in [0.717, 1.165) is 25.7 Å². The van der Waals surface area contributed by atoms with Crippen LogP contribution >= 0.6 is 0 Å². The fourth-order valence-electron chi connectivity index (χ4n) is 2.65. The molecule has 1 saturated heterocycles. The maximum atomic E-state index is 11.7. The number of ether oxygens (including phenoxy) is 2. The maximum absolute atomic E-state index is 11.7. The van der Waals surface area contributed by atoms with E-state index < -0.39 is 17.7 Å². The molecule has 0 unspecified atom stereocenters. The number of rotatable bonds is 1. The number of hydrogen-bond donors (Lipinski definition) is 1. The molecule has 0 radical (unpaired) electrons. The number of hydrogen-bond acceptors (Lipinski definition) is 4. The number of esters is 1. The Labute approximate surface area is 107 Å². The summed E-state index contributed by atoms with van der Waals surface area (Å²) in [7, 11) is 0. The molecule has 0 aromatic heterocycles. The average molecular weight is 255 g/mol. The van der Waals surface area contributed by atoms with Crippen LogP contribution in [0.15, 0.2) is 0 Å². The van der Waals surface area contributed by atoms with Gasteiger partial charge in [-0.25, -0.2) is 9.59 Å². The second-order valence-electron chi connectivity index (χ2n) is 6.05. The van der Waals surface area contributed by atoms with Crippen molar-refractivity contribution >= 4 is 12.1 Å². The van der Waals surface area contributed by atoms with Crippen LogP contribution in [-0.2, 0) is 14.3 Å². The van der Waals surface area contributed by atoms with Crippen molar-refractivity contribution in [3.05, 3.63) is 0 Å². The van der Waals surface area contributed by atoms with Gasteiger partial charge in [0.05, 0.1) is 0 Å². The summed E-state index contributed by atoms with van der Waals surface area (Å²) in [5, 5.41) is 2.65. The lowest BCUT2D eigenvalue weighted by Crippen LogP contribution is -2.45. The third kappa shape index (κ3) is 2.94. The van der Waals surface area contributed by atoms with Crippen LogP contribution in [0.1, 0.15) is 46.5 Å². The average Bonchev–Trinajstić information content (AvgIpc) is 2.53. The predicted octanol–water partition coefficient (Wildman–Crippen LogP) is 2.00. The largest absolute Gasteiger partial charge is 0.460 e. The minimum absolute atomic E-state index is 0.0220. The molecule has 2 fully saturated rings. The summed E-state index contributed by atoms with van der Waals surface area (Å²) in [6, 6.07) is -0.537. The molecule has 1 saturated carbocycles. The Morgan fingerprint density at radius 1 is 1.33 bits per heavy atom. The van der Waals surface area contributed by atoms with E-state index in [9.17, 15) is 9.59 Å². The van der Waals surface area contributed by atoms with Crippen LogP contribution in [0.2, 0.25) is 0 Å². The van der Waals surface area contributed by atoms with Gasteiger partial charge in [0.1, 0.15) is 17.7 Å². The highest BCUT2D eigenvalue weighted by Gasteiger charge is 2.46. The van der Waals surface area contributed by atoms with E-state index >= 15 is 0 Å². The van der Waals surface area contributed by atoms with Gasteiger partial charge in [0.15, 0.2) is 0 Å². The van der Waals surface area contributed by atoms with E-state index in [2.05, 4.69) is 5.32 Å². The smallest absolute Gasteiger partial charge is 0.408 e. The molecule has 5 heteroatoms. The maximum Gasteiger partial charge on any atom is 0.408 e. The minimum Gasteiger partial charge on any atom is -0.460 e. The molecule has 0 aromatic rings. The summed E-state index contributed by atoms with van der Waals surface area (Å²) in [5.41, 5.74) is -0.557. The van der Waals surface area contributed by atoms with E-state index in [1.165, 1.54) is 0 Å². The van der Waals surface area contributed by atoms with Crippen molar-refractivity contribution in [3.63, 3.8) is 0 Å². The first-order valence-corrected chi connectivity index (χ1v) is 6.57. The van der Waals surface area contributed by atoms with Crippen LogP contribution in [0.3, 0.4) is 0 Å². The van der Waals surface area contributed by atoms with Crippen LogP contribution in [0, 0.1) is 5.92 Å². The van der Waals surface area contributed by atoms with Gasteiger partial charge >= 0.3 is 12.1 Å². The number of carbonyl (C=O) groups excluding carboxylic acids is 2. The van der Waals surface area contributed by atoms with Gasteiger partial charge in [0.2, 0.25) is 0 Å². The van der Waals surface area contributed by atoms with Gasteiger partial charge in [-0.1, -0.05) is 6.42 Å². The summed E-state index contributed by atoms with van der Waals surface area (Å²) in [4.78, 5) is 23.4. The highest BCUT2D eigenvalue weighted by Crippen LogP contribution is 2.35. The molecular formula is C13H21NO4. The molecule has 3 atom stereocenters. The SMILES string of the molecule is CC(C)(C)OC(=O)N[C@H]1C(=O)O[C@@H]2CCCC[C@@H]21. The van der Waals surface area contributed by atoms with Crippen molar-refractivity contribution in [2.45, 2.75) is 64.2 Å². The van der Waals surface area contributed by atoms with E-state index in [1.54, 1.807) is 20.8 Å². The van der Waals surface area contributed by atoms with Crippen molar-refractivity contribution in [1.29, 1.82) is 0 Å². The summed E-state index contributed by atoms with van der Waals surface area (Å²) < 4.78 is 10.5. The molecule has 1 amide bonds. The normalized spacial score (nSPS) is 31.5. The molecule has 1 heterocycles. The lowest BCUT2D eigenvalue weighted by atomic mass is 9.83. The molecule has 5 nitrogen and oxygen atoms in total. The van der Waals surface area contributed by atoms with Crippen molar-refractivity contribution in [2.24, 2.45) is 5.92 Å². The number of alkyl carbamates (subject to hydrolysis) is 1. The molecule has 2 aliphatic rings. The third-order valence-electron chi connectivity index (χ3n) is 3.38. The van der Waals surface area contributed by atoms with Gasteiger partial charge in [-0.2, -0.15) is 0 Å². The van der Waals surface area contributed by atoms with E-state index in [4.69, 9.17) is 9.47 Å². The summed E-state index contributed by atoms with van der Waals surface area (Å²) in [6.07, 6.45) is 3.44. The van der Waals surface area contributed by atoms with Gasteiger partial charge in [0.25, 0.3) is 0 Å². The fourth-order valence-corrected chi connectivity index (χ4v) is 2.65. The molecule has 1 aliphatic carbocycles. The molecule has 0 bridgehead atoms. The highest BCUT2D eigenvalue weighted by atomic mass is 16.6. The summed E-state index contributed by atoms with van der Waals surface area (Å²) in [6.45, 7) is 5.38. The Morgan fingerprint density at radius 3 is 2.67 bits per heavy atom. The number of fused-ring (bicyclic) bond motifs is 1. The Morgan fingerprint density at radius 2 is 2.00 bits per heavy atom. The quantitative estimate of drug-likeness (QED) is 0.728. The van der Waals surface area contributed by atoms with Crippen LogP contribution in [0.25, 0.3) is 0 Å². The molecule has 1 N–H and O–H groups in total. The minimum atomic E-state index is -0.557. The van der Waals surface area contributed by atoms with Gasteiger partial charge < -0.3 is 14.8 Å². The first-order chi connectivity index (χ1) is 8.37. The molecular weight excluding hydrogens is 234 g/mol. The second kappa shape index (κ2) is 4.78. The van der Waals surface area contributed by atoms with E-state index in [1.807, 2.05) is 0 Å². The monoisotopic (exact) mass is 255 g/mol. The molecule has 2 rings (SSSR count). The standard InChI is InChI=1S/C13H21NO4/c1-13(2,3)18-12(16)14-10-8-6-4-5-7-9(8)17-11(10)15/h8-10H,4-7H2,1-3H3,(H,14,16)/t8-,9+,10+/m0/s1. The zero-order valence-electron chi connectivity index (χ0n) is 11.2. The summed E-state index contributed by atoms with van der Waals surface area (Å²) in [5.74, 6) is -0.212. The van der Waals surface area contributed by atoms with E-state index in [-0.39, 0.29) is 18.0 Å². The second-order valence-corrected chi connectivity index (χ2v) is 6.05. The lowest BCUT2D eigenvalue weighted by Gasteiger charge is -2.26. The van der Waals surface area contributed by atoms with Crippen molar-refractivity contribution < 1.29 is 19.1 Å². The van der Waals surface area contributed by atoms with E-state index in [0.29, 0.717) is 0 Å². The van der Waals surface area contributed by atoms with Crippen molar-refractivity contribution in [1.82, 2.24) is 5.32 Å². The fraction of sp³-hybridized carbons (Fsp3) is 0.846. The van der Waals surface area contributed by atoms with Crippen LogP contribution in [-0.4, -0.2) is 29.8 Å². The Bertz CT molecular complexity index is 347. The molecule has 1 aliphatic heterocycles. The van der Waals surface area contributed by atoms with Gasteiger partial charge in [0, 0.05) is 5.92 Å². The predicted molar refractivity (Wildman–Crippen MR) is 65.0 cm³/mol. The zero-order chi connectivity index (χ0) is 13.3. The molecule has 102 valence electrons. The molecule has 0 aromatic carbocycles. The van der Waals surface area contributed by atoms with Crippen molar-refractivity contribution in [2.75, 3.05) is 0 Å². The Kier molecular flexibility index (Phi) is 3.50. The third-order valence-corrected chi connectivity index (χ3v) is 3.38. The molecule has 0 spiro atoms. The molecule has 18 heavy (non-hydrogen) atoms. The zero-order valence-corrected chi connectivity index (χ0v) is 11.2. The van der Waals surface area contributed by atoms with Gasteiger partial charge in [-0.15, -0.1) is 0 Å². The first kappa shape index (κ1) is 13.2. The number of amides is 1. The van der Waals surface area contributed by atoms with Gasteiger partial charge in [-0.3, -0.25) is 0 Å². The first-order valence-electron chi connectivity index (χ1n) is 6.57. The number of carbonyl (C=O) groups is 2. The summed E-state index contributed by atoms with van der Waals surface area (Å²) >= 11 is 0. The topological polar surface area (TPSA) is 64.6 Å². The van der Waals surface area contributed by atoms with Crippen LogP contribution in [0.4, 0.5) is 4.79 Å². The van der Waals surface area contributed by atoms with Crippen LogP contribution < -0.4 is 5.32 Å². The lowest BCUT2D eigenvalue weighted by molar-refractivity contribution is -0.143. The number of nitrogens with one attached hydrogen (secondary N) is 1. The van der Waals surface area contributed by atoms with Gasteiger partial charge in [-0.05, 0) is 40.0 Å².